The molecule has 0 unspecified atom stereocenters. The Hall–Kier alpha value is -3.05. The van der Waals surface area contributed by atoms with Crippen LogP contribution in [0.15, 0.2) is 72.1 Å². The molecule has 174 valence electrons. The number of aromatic nitrogens is 1. The number of benzene rings is 2. The molecular formula is C28H26ClFN2O2. The molecule has 1 amide bonds. The van der Waals surface area contributed by atoms with Crippen LogP contribution >= 0.6 is 11.6 Å². The number of ether oxygens (including phenoxy) is 1. The van der Waals surface area contributed by atoms with Crippen LogP contribution in [0.1, 0.15) is 41.6 Å². The molecule has 0 radical (unpaired) electrons. The SMILES string of the molecule is O=C(c1cn(Cc2cccc(F)c2)c2cc(Cl)ccc12)N1CCC2(CCC3=C2COC=C3)CC1. The number of allylic oxidation sites excluding steroid dienone is 2. The zero-order chi connectivity index (χ0) is 23.3. The maximum Gasteiger partial charge on any atom is 0.256 e. The third kappa shape index (κ3) is 3.63. The van der Waals surface area contributed by atoms with Gasteiger partial charge in [0.15, 0.2) is 0 Å². The van der Waals surface area contributed by atoms with Crippen LogP contribution in [0.25, 0.3) is 10.9 Å². The zero-order valence-corrected chi connectivity index (χ0v) is 19.7. The predicted molar refractivity (Wildman–Crippen MR) is 131 cm³/mol. The van der Waals surface area contributed by atoms with Gasteiger partial charge in [0, 0.05) is 36.2 Å². The number of carbonyl (C=O) groups is 1. The van der Waals surface area contributed by atoms with Gasteiger partial charge in [0.1, 0.15) is 12.4 Å². The summed E-state index contributed by atoms with van der Waals surface area (Å²) in [5.41, 5.74) is 5.45. The highest BCUT2D eigenvalue weighted by Crippen LogP contribution is 2.51. The van der Waals surface area contributed by atoms with Crippen LogP contribution in [-0.2, 0) is 11.3 Å². The van der Waals surface area contributed by atoms with Crippen LogP contribution in [0.4, 0.5) is 4.39 Å². The van der Waals surface area contributed by atoms with E-state index in [1.807, 2.05) is 46.2 Å². The molecule has 2 aromatic carbocycles. The molecule has 6 rings (SSSR count). The van der Waals surface area contributed by atoms with Crippen LogP contribution in [0, 0.1) is 11.2 Å². The Morgan fingerprint density at radius 2 is 1.97 bits per heavy atom. The van der Waals surface area contributed by atoms with Crippen molar-refractivity contribution in [1.29, 1.82) is 0 Å². The van der Waals surface area contributed by atoms with Crippen molar-refractivity contribution in [2.45, 2.75) is 32.2 Å². The largest absolute Gasteiger partial charge is 0.497 e. The van der Waals surface area contributed by atoms with Gasteiger partial charge >= 0.3 is 0 Å². The molecule has 3 aliphatic rings. The van der Waals surface area contributed by atoms with E-state index in [0.717, 1.165) is 55.2 Å². The van der Waals surface area contributed by atoms with Crippen molar-refractivity contribution in [2.24, 2.45) is 5.41 Å². The lowest BCUT2D eigenvalue weighted by Crippen LogP contribution is -2.43. The van der Waals surface area contributed by atoms with E-state index < -0.39 is 0 Å². The normalized spacial score (nSPS) is 19.1. The Morgan fingerprint density at radius 3 is 2.79 bits per heavy atom. The van der Waals surface area contributed by atoms with E-state index in [2.05, 4.69) is 6.08 Å². The second-order valence-electron chi connectivity index (χ2n) is 9.65. The van der Waals surface area contributed by atoms with E-state index >= 15 is 0 Å². The van der Waals surface area contributed by atoms with E-state index in [4.69, 9.17) is 16.3 Å². The molecule has 1 aliphatic carbocycles. The van der Waals surface area contributed by atoms with Crippen molar-refractivity contribution < 1.29 is 13.9 Å². The number of likely N-dealkylation sites (tertiary alicyclic amines) is 1. The second-order valence-corrected chi connectivity index (χ2v) is 10.1. The van der Waals surface area contributed by atoms with Gasteiger partial charge in [0.2, 0.25) is 0 Å². The number of hydrogen-bond acceptors (Lipinski definition) is 2. The van der Waals surface area contributed by atoms with Crippen LogP contribution in [0.5, 0.6) is 0 Å². The summed E-state index contributed by atoms with van der Waals surface area (Å²) in [6.07, 6.45) is 10.0. The standard InChI is InChI=1S/C28H26ClFN2O2/c29-21-4-5-23-24(17-32(26(23)15-21)16-19-2-1-3-22(30)14-19)27(33)31-11-9-28(10-12-31)8-6-20-7-13-34-18-25(20)28/h1-5,7,13-15,17H,6,8-12,16,18H2. The topological polar surface area (TPSA) is 34.5 Å². The monoisotopic (exact) mass is 476 g/mol. The quantitative estimate of drug-likeness (QED) is 0.442. The lowest BCUT2D eigenvalue weighted by Gasteiger charge is -2.41. The first-order valence-electron chi connectivity index (χ1n) is 11.9. The van der Waals surface area contributed by atoms with Gasteiger partial charge in [-0.15, -0.1) is 0 Å². The van der Waals surface area contributed by atoms with Gasteiger partial charge in [-0.2, -0.15) is 0 Å². The van der Waals surface area contributed by atoms with Gasteiger partial charge in [0.25, 0.3) is 5.91 Å². The zero-order valence-electron chi connectivity index (χ0n) is 18.9. The van der Waals surface area contributed by atoms with E-state index in [9.17, 15) is 9.18 Å². The van der Waals surface area contributed by atoms with Crippen molar-refractivity contribution in [1.82, 2.24) is 9.47 Å². The summed E-state index contributed by atoms with van der Waals surface area (Å²) in [6, 6.07) is 12.2. The first kappa shape index (κ1) is 21.5. The average Bonchev–Trinajstić information content (AvgIpc) is 3.38. The highest BCUT2D eigenvalue weighted by Gasteiger charge is 2.44. The maximum absolute atomic E-state index is 13.7. The third-order valence-corrected chi connectivity index (χ3v) is 8.05. The molecule has 1 spiro atoms. The summed E-state index contributed by atoms with van der Waals surface area (Å²) in [5, 5.41) is 1.49. The number of carbonyl (C=O) groups excluding carboxylic acids is 1. The van der Waals surface area contributed by atoms with Gasteiger partial charge in [-0.1, -0.05) is 29.8 Å². The molecule has 0 N–H and O–H groups in total. The lowest BCUT2D eigenvalue weighted by atomic mass is 9.73. The van der Waals surface area contributed by atoms with Crippen LogP contribution in [0.3, 0.4) is 0 Å². The Labute approximate surface area is 203 Å². The summed E-state index contributed by atoms with van der Waals surface area (Å²) in [7, 11) is 0. The van der Waals surface area contributed by atoms with Crippen LogP contribution in [0.2, 0.25) is 5.02 Å². The summed E-state index contributed by atoms with van der Waals surface area (Å²) in [4.78, 5) is 15.7. The summed E-state index contributed by atoms with van der Waals surface area (Å²) in [5.74, 6) is -0.221. The molecule has 0 atom stereocenters. The van der Waals surface area contributed by atoms with E-state index in [0.29, 0.717) is 23.7 Å². The van der Waals surface area contributed by atoms with Crippen molar-refractivity contribution >= 4 is 28.4 Å². The highest BCUT2D eigenvalue weighted by molar-refractivity contribution is 6.31. The number of hydrogen-bond donors (Lipinski definition) is 0. The van der Waals surface area contributed by atoms with Gasteiger partial charge in [0.05, 0.1) is 17.3 Å². The van der Waals surface area contributed by atoms with E-state index in [1.54, 1.807) is 6.07 Å². The molecule has 2 aliphatic heterocycles. The molecule has 3 aromatic rings. The molecule has 0 saturated carbocycles. The van der Waals surface area contributed by atoms with Crippen molar-refractivity contribution in [2.75, 3.05) is 19.7 Å². The van der Waals surface area contributed by atoms with Crippen molar-refractivity contribution in [3.05, 3.63) is 94.1 Å². The second kappa shape index (κ2) is 8.31. The Balaban J connectivity index is 1.27. The number of halogens is 2. The number of fused-ring (bicyclic) bond motifs is 2. The van der Waals surface area contributed by atoms with E-state index in [-0.39, 0.29) is 17.1 Å². The molecule has 1 aromatic heterocycles. The smallest absolute Gasteiger partial charge is 0.256 e. The summed E-state index contributed by atoms with van der Waals surface area (Å²) < 4.78 is 21.4. The number of rotatable bonds is 3. The fraction of sp³-hybridized carbons (Fsp3) is 0.321. The fourth-order valence-corrected chi connectivity index (χ4v) is 6.13. The fourth-order valence-electron chi connectivity index (χ4n) is 5.97. The first-order chi connectivity index (χ1) is 16.5. The summed E-state index contributed by atoms with van der Waals surface area (Å²) in [6.45, 7) is 2.64. The minimum Gasteiger partial charge on any atom is -0.497 e. The average molecular weight is 477 g/mol. The molecule has 1 saturated heterocycles. The van der Waals surface area contributed by atoms with E-state index in [1.165, 1.54) is 23.3 Å². The van der Waals surface area contributed by atoms with Crippen molar-refractivity contribution in [3.8, 4) is 0 Å². The maximum atomic E-state index is 13.7. The van der Waals surface area contributed by atoms with Crippen LogP contribution in [-0.4, -0.2) is 35.1 Å². The van der Waals surface area contributed by atoms with Gasteiger partial charge < -0.3 is 14.2 Å². The van der Waals surface area contributed by atoms with Gasteiger partial charge in [-0.05, 0) is 78.1 Å². The molecule has 4 nitrogen and oxygen atoms in total. The predicted octanol–water partition coefficient (Wildman–Crippen LogP) is 6.34. The Morgan fingerprint density at radius 1 is 1.12 bits per heavy atom. The Kier molecular flexibility index (Phi) is 5.25. The molecule has 0 bridgehead atoms. The summed E-state index contributed by atoms with van der Waals surface area (Å²) >= 11 is 6.29. The van der Waals surface area contributed by atoms with Crippen LogP contribution < -0.4 is 0 Å². The Bertz CT molecular complexity index is 1350. The number of nitrogens with zero attached hydrogens (tertiary/aromatic N) is 2. The minimum absolute atomic E-state index is 0.0483. The molecular weight excluding hydrogens is 451 g/mol. The molecule has 3 heterocycles. The number of amides is 1. The third-order valence-electron chi connectivity index (χ3n) is 7.82. The van der Waals surface area contributed by atoms with Crippen molar-refractivity contribution in [3.63, 3.8) is 0 Å². The molecule has 6 heteroatoms. The minimum atomic E-state index is -0.269. The number of piperidine rings is 1. The molecule has 1 fully saturated rings. The first-order valence-corrected chi connectivity index (χ1v) is 12.2. The van der Waals surface area contributed by atoms with Gasteiger partial charge in [-0.25, -0.2) is 4.39 Å². The lowest BCUT2D eigenvalue weighted by molar-refractivity contribution is 0.0615. The molecule has 34 heavy (non-hydrogen) atoms. The van der Waals surface area contributed by atoms with Gasteiger partial charge in [-0.3, -0.25) is 4.79 Å². The highest BCUT2D eigenvalue weighted by atomic mass is 35.5.